The highest BCUT2D eigenvalue weighted by Gasteiger charge is 2.34. The second-order valence-electron chi connectivity index (χ2n) is 4.71. The molecule has 1 fully saturated rings. The molecule has 5 nitrogen and oxygen atoms in total. The third-order valence-electron chi connectivity index (χ3n) is 2.37. The number of amides is 1. The van der Waals surface area contributed by atoms with E-state index in [1.54, 1.807) is 4.90 Å². The summed E-state index contributed by atoms with van der Waals surface area (Å²) in [6.07, 6.45) is -0.424. The Kier molecular flexibility index (Phi) is 3.21. The van der Waals surface area contributed by atoms with Crippen LogP contribution in [0.25, 0.3) is 0 Å². The Balaban J connectivity index is 2.56. The van der Waals surface area contributed by atoms with Gasteiger partial charge in [0, 0.05) is 18.5 Å². The van der Waals surface area contributed by atoms with Crippen LogP contribution < -0.4 is 0 Å². The molecule has 1 unspecified atom stereocenters. The summed E-state index contributed by atoms with van der Waals surface area (Å²) in [7, 11) is 0. The highest BCUT2D eigenvalue weighted by atomic mass is 16.6. The number of rotatable bonds is 2. The fourth-order valence-corrected chi connectivity index (χ4v) is 1.58. The van der Waals surface area contributed by atoms with Crippen LogP contribution in [0.5, 0.6) is 0 Å². The van der Waals surface area contributed by atoms with Crippen molar-refractivity contribution in [3.8, 4) is 0 Å². The van der Waals surface area contributed by atoms with Crippen molar-refractivity contribution in [3.63, 3.8) is 0 Å². The first-order valence-corrected chi connectivity index (χ1v) is 5.01. The molecule has 0 aliphatic carbocycles. The fraction of sp³-hybridized carbons (Fsp3) is 0.800. The molecule has 5 heteroatoms. The minimum absolute atomic E-state index is 0.107. The lowest BCUT2D eigenvalue weighted by molar-refractivity contribution is -0.140. The molecule has 0 aromatic heterocycles. The lowest BCUT2D eigenvalue weighted by atomic mass is 10.0. The maximum atomic E-state index is 11.5. The maximum Gasteiger partial charge on any atom is 0.410 e. The fourth-order valence-electron chi connectivity index (χ4n) is 1.58. The van der Waals surface area contributed by atoms with Gasteiger partial charge in [0.25, 0.3) is 0 Å². The van der Waals surface area contributed by atoms with E-state index in [9.17, 15) is 9.59 Å². The average molecular weight is 215 g/mol. The largest absolute Gasteiger partial charge is 0.481 e. The van der Waals surface area contributed by atoms with Crippen LogP contribution in [-0.4, -0.2) is 40.3 Å². The molecular formula is C10H17NO4. The molecule has 1 atom stereocenters. The van der Waals surface area contributed by atoms with Gasteiger partial charge in [-0.3, -0.25) is 4.79 Å². The van der Waals surface area contributed by atoms with E-state index in [4.69, 9.17) is 9.84 Å². The van der Waals surface area contributed by atoms with Crippen LogP contribution in [0.2, 0.25) is 0 Å². The maximum absolute atomic E-state index is 11.5. The van der Waals surface area contributed by atoms with Crippen molar-refractivity contribution in [2.45, 2.75) is 45.3 Å². The molecule has 0 saturated carbocycles. The molecule has 1 amide bonds. The van der Waals surface area contributed by atoms with Crippen molar-refractivity contribution >= 4 is 12.1 Å². The number of ether oxygens (including phenoxy) is 1. The molecule has 1 rings (SSSR count). The van der Waals surface area contributed by atoms with Crippen molar-refractivity contribution < 1.29 is 19.4 Å². The Bertz CT molecular complexity index is 269. The number of cyclic esters (lactones) is 1. The summed E-state index contributed by atoms with van der Waals surface area (Å²) < 4.78 is 5.04. The predicted molar refractivity (Wildman–Crippen MR) is 53.6 cm³/mol. The zero-order chi connectivity index (χ0) is 11.6. The number of hydrogen-bond donors (Lipinski definition) is 1. The molecule has 15 heavy (non-hydrogen) atoms. The molecule has 0 aromatic rings. The van der Waals surface area contributed by atoms with Gasteiger partial charge in [0.1, 0.15) is 6.10 Å². The third-order valence-corrected chi connectivity index (χ3v) is 2.37. The Morgan fingerprint density at radius 3 is 2.60 bits per heavy atom. The third kappa shape index (κ3) is 3.11. The van der Waals surface area contributed by atoms with E-state index in [0.717, 1.165) is 0 Å². The van der Waals surface area contributed by atoms with E-state index >= 15 is 0 Å². The molecule has 1 saturated heterocycles. The number of aliphatic carboxylic acids is 1. The van der Waals surface area contributed by atoms with Crippen LogP contribution in [0.1, 0.15) is 33.6 Å². The van der Waals surface area contributed by atoms with Gasteiger partial charge in [-0.25, -0.2) is 4.79 Å². The zero-order valence-corrected chi connectivity index (χ0v) is 9.32. The summed E-state index contributed by atoms with van der Waals surface area (Å²) in [6, 6.07) is 0. The van der Waals surface area contributed by atoms with Gasteiger partial charge < -0.3 is 14.7 Å². The first-order chi connectivity index (χ1) is 6.80. The Labute approximate surface area is 89.0 Å². The molecule has 0 bridgehead atoms. The quantitative estimate of drug-likeness (QED) is 0.757. The smallest absolute Gasteiger partial charge is 0.410 e. The first-order valence-electron chi connectivity index (χ1n) is 5.01. The minimum Gasteiger partial charge on any atom is -0.481 e. The molecule has 1 heterocycles. The summed E-state index contributed by atoms with van der Waals surface area (Å²) in [5.41, 5.74) is -0.273. The van der Waals surface area contributed by atoms with Crippen LogP contribution in [0, 0.1) is 0 Å². The van der Waals surface area contributed by atoms with Crippen molar-refractivity contribution in [2.75, 3.05) is 6.54 Å². The number of carboxylic acids is 1. The Morgan fingerprint density at radius 1 is 1.60 bits per heavy atom. The van der Waals surface area contributed by atoms with Crippen LogP contribution in [0.4, 0.5) is 4.79 Å². The summed E-state index contributed by atoms with van der Waals surface area (Å²) in [6.45, 7) is 6.32. The van der Waals surface area contributed by atoms with Crippen LogP contribution in [-0.2, 0) is 9.53 Å². The predicted octanol–water partition coefficient (Wildman–Crippen LogP) is 1.47. The van der Waals surface area contributed by atoms with E-state index in [-0.39, 0.29) is 12.0 Å². The summed E-state index contributed by atoms with van der Waals surface area (Å²) in [5, 5.41) is 8.57. The second-order valence-corrected chi connectivity index (χ2v) is 4.71. The topological polar surface area (TPSA) is 66.8 Å². The van der Waals surface area contributed by atoms with Crippen LogP contribution >= 0.6 is 0 Å². The number of carboxylic acid groups (broad SMARTS) is 1. The molecule has 86 valence electrons. The lowest BCUT2D eigenvalue weighted by Gasteiger charge is -2.39. The summed E-state index contributed by atoms with van der Waals surface area (Å²) in [4.78, 5) is 23.6. The molecule has 0 aromatic carbocycles. The van der Waals surface area contributed by atoms with Crippen LogP contribution in [0.15, 0.2) is 0 Å². The summed E-state index contributed by atoms with van der Waals surface area (Å²) >= 11 is 0. The van der Waals surface area contributed by atoms with Crippen molar-refractivity contribution in [1.29, 1.82) is 0 Å². The second kappa shape index (κ2) is 4.08. The van der Waals surface area contributed by atoms with Crippen molar-refractivity contribution in [3.05, 3.63) is 0 Å². The highest BCUT2D eigenvalue weighted by Crippen LogP contribution is 2.22. The van der Waals surface area contributed by atoms with Gasteiger partial charge in [0.2, 0.25) is 0 Å². The monoisotopic (exact) mass is 215 g/mol. The highest BCUT2D eigenvalue weighted by molar-refractivity contribution is 5.71. The summed E-state index contributed by atoms with van der Waals surface area (Å²) in [5.74, 6) is -0.933. The van der Waals surface area contributed by atoms with Gasteiger partial charge >= 0.3 is 12.1 Å². The molecular weight excluding hydrogens is 198 g/mol. The molecule has 1 aliphatic heterocycles. The van der Waals surface area contributed by atoms with Gasteiger partial charge in [-0.05, 0) is 20.8 Å². The van der Waals surface area contributed by atoms with Gasteiger partial charge in [-0.1, -0.05) is 0 Å². The normalized spacial score (nSPS) is 22.5. The van der Waals surface area contributed by atoms with E-state index in [2.05, 4.69) is 0 Å². The van der Waals surface area contributed by atoms with Crippen molar-refractivity contribution in [2.24, 2.45) is 0 Å². The molecule has 1 aliphatic rings. The van der Waals surface area contributed by atoms with Gasteiger partial charge in [0.15, 0.2) is 0 Å². The number of hydrogen-bond acceptors (Lipinski definition) is 3. The van der Waals surface area contributed by atoms with Crippen molar-refractivity contribution in [1.82, 2.24) is 4.90 Å². The van der Waals surface area contributed by atoms with Gasteiger partial charge in [0.05, 0.1) is 6.42 Å². The SMILES string of the molecule is CC(C)(C)N1CCC(CC(=O)O)OC1=O. The number of carbonyl (C=O) groups is 2. The number of nitrogens with zero attached hydrogens (tertiary/aromatic N) is 1. The minimum atomic E-state index is -0.933. The molecule has 0 spiro atoms. The number of carbonyl (C=O) groups excluding carboxylic acids is 1. The lowest BCUT2D eigenvalue weighted by Crippen LogP contribution is -2.51. The van der Waals surface area contributed by atoms with E-state index in [0.29, 0.717) is 13.0 Å². The zero-order valence-electron chi connectivity index (χ0n) is 9.32. The average Bonchev–Trinajstić information content (AvgIpc) is 1.99. The van der Waals surface area contributed by atoms with E-state index in [1.165, 1.54) is 0 Å². The standard InChI is InChI=1S/C10H17NO4/c1-10(2,3)11-5-4-7(6-8(12)13)15-9(11)14/h7H,4-6H2,1-3H3,(H,12,13). The van der Waals surface area contributed by atoms with Gasteiger partial charge in [-0.2, -0.15) is 0 Å². The van der Waals surface area contributed by atoms with Crippen LogP contribution in [0.3, 0.4) is 0 Å². The van der Waals surface area contributed by atoms with Gasteiger partial charge in [-0.15, -0.1) is 0 Å². The van der Waals surface area contributed by atoms with E-state index < -0.39 is 18.2 Å². The van der Waals surface area contributed by atoms with E-state index in [1.807, 2.05) is 20.8 Å². The Morgan fingerprint density at radius 2 is 2.20 bits per heavy atom. The molecule has 1 N–H and O–H groups in total. The molecule has 0 radical (unpaired) electrons. The Hall–Kier alpha value is -1.26. The first kappa shape index (κ1) is 11.8.